The highest BCUT2D eigenvalue weighted by molar-refractivity contribution is 6.31. The van der Waals surface area contributed by atoms with Crippen molar-refractivity contribution in [1.82, 2.24) is 4.90 Å². The highest BCUT2D eigenvalue weighted by Gasteiger charge is 2.49. The molecule has 7 nitrogen and oxygen atoms in total. The van der Waals surface area contributed by atoms with Gasteiger partial charge in [-0.25, -0.2) is 4.79 Å². The number of amides is 2. The SMILES string of the molecule is CCOc1ccc(N2CCN3C(=O)C(=O)[N+](CCc4ccccc4)=NC32)cc1. The van der Waals surface area contributed by atoms with Crippen LogP contribution >= 0.6 is 0 Å². The van der Waals surface area contributed by atoms with E-state index in [9.17, 15) is 9.59 Å². The molecule has 2 heterocycles. The molecule has 0 saturated carbocycles. The molecule has 2 aromatic carbocycles. The lowest BCUT2D eigenvalue weighted by molar-refractivity contribution is -0.519. The fourth-order valence-corrected chi connectivity index (χ4v) is 3.56. The van der Waals surface area contributed by atoms with Crippen molar-refractivity contribution >= 4 is 17.5 Å². The van der Waals surface area contributed by atoms with Crippen LogP contribution in [0.1, 0.15) is 12.5 Å². The first-order chi connectivity index (χ1) is 13.7. The second kappa shape index (κ2) is 7.80. The van der Waals surface area contributed by atoms with E-state index in [1.165, 1.54) is 9.60 Å². The number of azo groups is 2. The van der Waals surface area contributed by atoms with Crippen molar-refractivity contribution in [2.45, 2.75) is 19.6 Å². The van der Waals surface area contributed by atoms with Gasteiger partial charge in [0, 0.05) is 30.3 Å². The number of hydrogen-bond acceptors (Lipinski definition) is 5. The summed E-state index contributed by atoms with van der Waals surface area (Å²) in [5.41, 5.74) is 2.06. The number of benzene rings is 2. The van der Waals surface area contributed by atoms with Gasteiger partial charge in [-0.2, -0.15) is 0 Å². The molecule has 0 spiro atoms. The molecule has 2 aliphatic heterocycles. The lowest BCUT2D eigenvalue weighted by Crippen LogP contribution is -2.52. The summed E-state index contributed by atoms with van der Waals surface area (Å²) >= 11 is 0. The van der Waals surface area contributed by atoms with E-state index in [1.807, 2.05) is 66.4 Å². The fourth-order valence-electron chi connectivity index (χ4n) is 3.56. The monoisotopic (exact) mass is 379 g/mol. The fraction of sp³-hybridized carbons (Fsp3) is 0.333. The molecular formula is C21H23N4O3+. The average molecular weight is 379 g/mol. The van der Waals surface area contributed by atoms with Gasteiger partial charge in [0.25, 0.3) is 6.29 Å². The molecule has 4 rings (SSSR count). The number of carbonyl (C=O) groups excluding carboxylic acids is 2. The summed E-state index contributed by atoms with van der Waals surface area (Å²) in [7, 11) is 0. The predicted molar refractivity (Wildman–Crippen MR) is 103 cm³/mol. The first-order valence-electron chi connectivity index (χ1n) is 9.54. The highest BCUT2D eigenvalue weighted by Crippen LogP contribution is 2.28. The van der Waals surface area contributed by atoms with Crippen molar-refractivity contribution in [3.05, 3.63) is 60.2 Å². The minimum absolute atomic E-state index is 0.385. The van der Waals surface area contributed by atoms with Gasteiger partial charge in [-0.15, -0.1) is 0 Å². The van der Waals surface area contributed by atoms with Gasteiger partial charge >= 0.3 is 11.8 Å². The number of fused-ring (bicyclic) bond motifs is 1. The third-order valence-corrected chi connectivity index (χ3v) is 4.99. The molecule has 1 unspecified atom stereocenters. The first kappa shape index (κ1) is 18.2. The molecule has 0 aliphatic carbocycles. The number of anilines is 1. The maximum absolute atomic E-state index is 12.6. The van der Waals surface area contributed by atoms with Crippen LogP contribution in [0.5, 0.6) is 5.75 Å². The second-order valence-corrected chi connectivity index (χ2v) is 6.74. The Morgan fingerprint density at radius 2 is 1.75 bits per heavy atom. The summed E-state index contributed by atoms with van der Waals surface area (Å²) in [4.78, 5) is 28.6. The van der Waals surface area contributed by atoms with Crippen molar-refractivity contribution in [3.8, 4) is 5.75 Å². The summed E-state index contributed by atoms with van der Waals surface area (Å²) < 4.78 is 6.82. The summed E-state index contributed by atoms with van der Waals surface area (Å²) in [5.74, 6) is -0.235. The summed E-state index contributed by atoms with van der Waals surface area (Å²) in [5, 5.41) is 4.59. The Balaban J connectivity index is 1.55. The zero-order chi connectivity index (χ0) is 19.5. The largest absolute Gasteiger partial charge is 0.501 e. The van der Waals surface area contributed by atoms with Gasteiger partial charge in [0.05, 0.1) is 6.61 Å². The number of carbonyl (C=O) groups is 2. The van der Waals surface area contributed by atoms with Gasteiger partial charge in [-0.1, -0.05) is 30.3 Å². The van der Waals surface area contributed by atoms with Crippen molar-refractivity contribution in [2.75, 3.05) is 31.1 Å². The molecule has 0 bridgehead atoms. The van der Waals surface area contributed by atoms with Crippen LogP contribution in [-0.2, 0) is 16.0 Å². The van der Waals surface area contributed by atoms with E-state index in [-0.39, 0.29) is 0 Å². The van der Waals surface area contributed by atoms with Crippen LogP contribution < -0.4 is 9.64 Å². The zero-order valence-electron chi connectivity index (χ0n) is 15.8. The Morgan fingerprint density at radius 1 is 1.04 bits per heavy atom. The molecule has 144 valence electrons. The van der Waals surface area contributed by atoms with Gasteiger partial charge in [0.2, 0.25) is 0 Å². The smallest absolute Gasteiger partial charge is 0.494 e. The van der Waals surface area contributed by atoms with Crippen LogP contribution in [0.15, 0.2) is 59.7 Å². The van der Waals surface area contributed by atoms with E-state index in [1.54, 1.807) is 0 Å². The summed E-state index contributed by atoms with van der Waals surface area (Å²) in [6.45, 7) is 4.06. The lowest BCUT2D eigenvalue weighted by atomic mass is 10.1. The molecule has 0 aromatic heterocycles. The zero-order valence-corrected chi connectivity index (χ0v) is 15.8. The molecule has 2 amide bonds. The number of ether oxygens (including phenoxy) is 1. The molecule has 0 N–H and O–H groups in total. The lowest BCUT2D eigenvalue weighted by Gasteiger charge is -2.27. The van der Waals surface area contributed by atoms with Crippen molar-refractivity contribution in [2.24, 2.45) is 5.11 Å². The maximum Gasteiger partial charge on any atom is 0.501 e. The molecule has 1 fully saturated rings. The van der Waals surface area contributed by atoms with E-state index < -0.39 is 18.1 Å². The van der Waals surface area contributed by atoms with Crippen molar-refractivity contribution in [1.29, 1.82) is 0 Å². The van der Waals surface area contributed by atoms with Crippen LogP contribution in [0.4, 0.5) is 5.69 Å². The molecule has 1 saturated heterocycles. The second-order valence-electron chi connectivity index (χ2n) is 6.74. The van der Waals surface area contributed by atoms with Gasteiger partial charge in [0.1, 0.15) is 5.75 Å². The summed E-state index contributed by atoms with van der Waals surface area (Å²) in [6.07, 6.45) is 0.165. The molecule has 1 atom stereocenters. The van der Waals surface area contributed by atoms with Gasteiger partial charge < -0.3 is 9.64 Å². The van der Waals surface area contributed by atoms with Crippen LogP contribution in [0, 0.1) is 0 Å². The number of hydrogen-bond donors (Lipinski definition) is 0. The van der Waals surface area contributed by atoms with Gasteiger partial charge in [-0.3, -0.25) is 9.69 Å². The molecule has 0 radical (unpaired) electrons. The minimum atomic E-state index is -0.555. The number of rotatable bonds is 6. The normalized spacial score (nSPS) is 18.9. The van der Waals surface area contributed by atoms with Crippen LogP contribution in [0.25, 0.3) is 0 Å². The molecule has 2 aliphatic rings. The Kier molecular flexibility index (Phi) is 5.06. The third-order valence-electron chi connectivity index (χ3n) is 4.99. The number of nitrogens with zero attached hydrogens (tertiary/aromatic N) is 4. The van der Waals surface area contributed by atoms with Crippen LogP contribution in [-0.4, -0.2) is 53.9 Å². The van der Waals surface area contributed by atoms with E-state index >= 15 is 0 Å². The predicted octanol–water partition coefficient (Wildman–Crippen LogP) is 2.27. The van der Waals surface area contributed by atoms with E-state index in [2.05, 4.69) is 5.11 Å². The topological polar surface area (TPSA) is 65.2 Å². The Labute approximate surface area is 163 Å². The van der Waals surface area contributed by atoms with Crippen molar-refractivity contribution < 1.29 is 19.0 Å². The maximum atomic E-state index is 12.6. The first-order valence-corrected chi connectivity index (χ1v) is 9.54. The van der Waals surface area contributed by atoms with Crippen LogP contribution in [0.3, 0.4) is 0 Å². The standard InChI is InChI=1S/C21H23N4O3/c1-2-28-18-10-8-17(9-11-18)23-14-15-24-19(26)20(27)25(22-21(23)24)13-12-16-6-4-3-5-7-16/h3-11,21H,2,12-15H2,1H3/q+1. The highest BCUT2D eigenvalue weighted by atomic mass is 16.5. The van der Waals surface area contributed by atoms with Crippen molar-refractivity contribution in [3.63, 3.8) is 0 Å². The summed E-state index contributed by atoms with van der Waals surface area (Å²) in [6, 6.07) is 17.6. The van der Waals surface area contributed by atoms with Gasteiger partial charge in [0.15, 0.2) is 6.54 Å². The van der Waals surface area contributed by atoms with Crippen LogP contribution in [0.2, 0.25) is 0 Å². The molecular weight excluding hydrogens is 356 g/mol. The molecule has 7 heteroatoms. The minimum Gasteiger partial charge on any atom is -0.494 e. The third kappa shape index (κ3) is 3.47. The Bertz CT molecular complexity index is 896. The average Bonchev–Trinajstić information content (AvgIpc) is 3.15. The Morgan fingerprint density at radius 3 is 2.46 bits per heavy atom. The van der Waals surface area contributed by atoms with E-state index in [0.717, 1.165) is 17.0 Å². The molecule has 2 aromatic rings. The van der Waals surface area contributed by atoms with E-state index in [0.29, 0.717) is 32.7 Å². The molecule has 28 heavy (non-hydrogen) atoms. The Hall–Kier alpha value is -3.22. The van der Waals surface area contributed by atoms with Gasteiger partial charge in [-0.05, 0) is 41.5 Å². The van der Waals surface area contributed by atoms with E-state index in [4.69, 9.17) is 4.74 Å². The quantitative estimate of drug-likeness (QED) is 0.571.